The number of nitrogens with zero attached hydrogens (tertiary/aromatic N) is 8. The SMILES string of the molecule is CC(C)c1cc2nn(C3CCC(N4CCN(C5CN(c6cc(F)c([C@H]7CCC(=O)NC7=O)c(F)c6)C5)CC4)CC3)cc2cc1NC(=O)c1ccc2cc(C#N)cnn12. The van der Waals surface area contributed by atoms with E-state index < -0.39 is 29.4 Å². The first-order valence-corrected chi connectivity index (χ1v) is 20.3. The average molecular weight is 789 g/mol. The molecule has 1 aliphatic carbocycles. The second kappa shape index (κ2) is 15.2. The number of hydrogen-bond acceptors (Lipinski definition) is 9. The van der Waals surface area contributed by atoms with Gasteiger partial charge in [0.25, 0.3) is 5.91 Å². The number of aromatic nitrogens is 4. The third kappa shape index (κ3) is 7.08. The number of nitrogens with one attached hydrogen (secondary N) is 2. The van der Waals surface area contributed by atoms with Gasteiger partial charge in [0.1, 0.15) is 23.4 Å². The first-order chi connectivity index (χ1) is 28.0. The molecule has 58 heavy (non-hydrogen) atoms. The number of fused-ring (bicyclic) bond motifs is 2. The molecule has 13 nitrogen and oxygen atoms in total. The van der Waals surface area contributed by atoms with Crippen molar-refractivity contribution in [2.75, 3.05) is 49.5 Å². The highest BCUT2D eigenvalue weighted by atomic mass is 19.1. The molecule has 4 fully saturated rings. The van der Waals surface area contributed by atoms with Crippen LogP contribution in [0.4, 0.5) is 20.2 Å². The molecule has 1 saturated carbocycles. The summed E-state index contributed by atoms with van der Waals surface area (Å²) in [5.74, 6) is -3.67. The van der Waals surface area contributed by atoms with Crippen LogP contribution in [-0.4, -0.2) is 98.3 Å². The van der Waals surface area contributed by atoms with E-state index in [1.54, 1.807) is 22.7 Å². The van der Waals surface area contributed by atoms with Crippen LogP contribution < -0.4 is 15.5 Å². The molecular formula is C43H46F2N10O3. The Morgan fingerprint density at radius 3 is 2.28 bits per heavy atom. The van der Waals surface area contributed by atoms with Gasteiger partial charge < -0.3 is 10.2 Å². The summed E-state index contributed by atoms with van der Waals surface area (Å²) in [5, 5.41) is 24.8. The van der Waals surface area contributed by atoms with Crippen LogP contribution in [0.2, 0.25) is 0 Å². The van der Waals surface area contributed by atoms with Crippen LogP contribution in [0.15, 0.2) is 54.9 Å². The van der Waals surface area contributed by atoms with E-state index in [0.717, 1.165) is 74.0 Å². The van der Waals surface area contributed by atoms with Gasteiger partial charge in [-0.2, -0.15) is 15.5 Å². The molecule has 4 aliphatic rings. The molecule has 3 saturated heterocycles. The molecule has 9 rings (SSSR count). The first-order valence-electron chi connectivity index (χ1n) is 20.3. The van der Waals surface area contributed by atoms with Gasteiger partial charge in [-0.15, -0.1) is 0 Å². The zero-order chi connectivity index (χ0) is 40.2. The van der Waals surface area contributed by atoms with Crippen molar-refractivity contribution in [2.24, 2.45) is 0 Å². The Bertz CT molecular complexity index is 2440. The van der Waals surface area contributed by atoms with E-state index in [1.165, 1.54) is 18.3 Å². The maximum Gasteiger partial charge on any atom is 0.274 e. The monoisotopic (exact) mass is 788 g/mol. The number of piperidine rings is 1. The molecule has 3 amide bonds. The summed E-state index contributed by atoms with van der Waals surface area (Å²) in [6.07, 6.45) is 7.99. The largest absolute Gasteiger partial charge is 0.368 e. The molecule has 3 aromatic heterocycles. The molecule has 0 bridgehead atoms. The number of amides is 3. The summed E-state index contributed by atoms with van der Waals surface area (Å²) in [6, 6.07) is 15.2. The van der Waals surface area contributed by atoms with Crippen LogP contribution in [0.25, 0.3) is 16.4 Å². The Kier molecular flexibility index (Phi) is 9.93. The van der Waals surface area contributed by atoms with Gasteiger partial charge in [0.15, 0.2) is 0 Å². The highest BCUT2D eigenvalue weighted by molar-refractivity contribution is 6.05. The van der Waals surface area contributed by atoms with Crippen LogP contribution in [-0.2, 0) is 9.59 Å². The molecule has 2 aromatic carbocycles. The van der Waals surface area contributed by atoms with Gasteiger partial charge in [0.05, 0.1) is 34.8 Å². The fourth-order valence-electron chi connectivity index (χ4n) is 9.41. The predicted molar refractivity (Wildman–Crippen MR) is 214 cm³/mol. The standard InChI is InChI=1S/C43H46F2N10O3/c1-25(2)34-19-37-27(16-38(34)48-43(58)39-9-7-30-15-26(20-46)21-47-55(30)39)22-54(50-37)29-5-3-28(4-6-29)51-11-13-52(14-12-51)32-23-53(24-32)31-17-35(44)41(36(45)18-31)33-8-10-40(56)49-42(33)57/h7,9,15-19,21-22,25,28-29,32-33H,3-6,8,10-14,23-24H2,1-2H3,(H,48,58)(H,49,56,57)/t28?,29?,33-/m1/s1. The van der Waals surface area contributed by atoms with E-state index in [0.29, 0.717) is 53.7 Å². The second-order valence-corrected chi connectivity index (χ2v) is 16.5. The van der Waals surface area contributed by atoms with Crippen molar-refractivity contribution in [3.8, 4) is 6.07 Å². The fraction of sp³-hybridized carbons (Fsp3) is 0.442. The minimum Gasteiger partial charge on any atom is -0.368 e. The van der Waals surface area contributed by atoms with Crippen molar-refractivity contribution in [2.45, 2.75) is 82.3 Å². The van der Waals surface area contributed by atoms with Gasteiger partial charge in [-0.25, -0.2) is 13.3 Å². The number of hydrogen-bond donors (Lipinski definition) is 2. The Balaban J connectivity index is 0.777. The zero-order valence-corrected chi connectivity index (χ0v) is 32.6. The zero-order valence-electron chi connectivity index (χ0n) is 32.6. The molecule has 1 atom stereocenters. The number of carbonyl (C=O) groups excluding carboxylic acids is 3. The van der Waals surface area contributed by atoms with E-state index in [1.807, 2.05) is 11.0 Å². The number of anilines is 2. The lowest BCUT2D eigenvalue weighted by molar-refractivity contribution is -0.134. The molecule has 3 aliphatic heterocycles. The van der Waals surface area contributed by atoms with E-state index >= 15 is 8.78 Å². The van der Waals surface area contributed by atoms with E-state index in [9.17, 15) is 19.6 Å². The highest BCUT2D eigenvalue weighted by Crippen LogP contribution is 2.37. The van der Waals surface area contributed by atoms with Gasteiger partial charge >= 0.3 is 0 Å². The van der Waals surface area contributed by atoms with Crippen LogP contribution in [0.1, 0.15) is 97.4 Å². The normalized spacial score (nSPS) is 22.3. The molecule has 15 heteroatoms. The number of piperazine rings is 1. The summed E-state index contributed by atoms with van der Waals surface area (Å²) in [4.78, 5) is 44.4. The Morgan fingerprint density at radius 2 is 1.60 bits per heavy atom. The average Bonchev–Trinajstić information content (AvgIpc) is 3.82. The molecule has 300 valence electrons. The van der Waals surface area contributed by atoms with Gasteiger partial charge in [0.2, 0.25) is 11.8 Å². The van der Waals surface area contributed by atoms with Crippen LogP contribution in [0.5, 0.6) is 0 Å². The van der Waals surface area contributed by atoms with E-state index in [-0.39, 0.29) is 30.2 Å². The molecule has 0 spiro atoms. The number of nitriles is 1. The van der Waals surface area contributed by atoms with E-state index in [2.05, 4.69) is 62.4 Å². The lowest BCUT2D eigenvalue weighted by Crippen LogP contribution is -2.64. The number of carbonyl (C=O) groups is 3. The molecule has 0 unspecified atom stereocenters. The van der Waals surface area contributed by atoms with Crippen molar-refractivity contribution in [1.82, 2.24) is 34.5 Å². The van der Waals surface area contributed by atoms with Crippen molar-refractivity contribution in [1.29, 1.82) is 5.26 Å². The Morgan fingerprint density at radius 1 is 0.914 bits per heavy atom. The number of halogens is 2. The lowest BCUT2D eigenvalue weighted by Gasteiger charge is -2.50. The third-order valence-corrected chi connectivity index (χ3v) is 12.7. The summed E-state index contributed by atoms with van der Waals surface area (Å²) in [5.41, 5.74) is 4.39. The van der Waals surface area contributed by atoms with Gasteiger partial charge in [-0.05, 0) is 86.1 Å². The quantitative estimate of drug-likeness (QED) is 0.189. The Labute approximate surface area is 334 Å². The summed E-state index contributed by atoms with van der Waals surface area (Å²) < 4.78 is 33.9. The molecule has 6 heterocycles. The maximum atomic E-state index is 15.1. The number of rotatable bonds is 8. The molecule has 0 radical (unpaired) electrons. The highest BCUT2D eigenvalue weighted by Gasteiger charge is 2.38. The minimum atomic E-state index is -0.999. The second-order valence-electron chi connectivity index (χ2n) is 16.5. The van der Waals surface area contributed by atoms with Gasteiger partial charge in [-0.1, -0.05) is 13.8 Å². The molecule has 5 aromatic rings. The van der Waals surface area contributed by atoms with Gasteiger partial charge in [0, 0.05) is 86.3 Å². The minimum absolute atomic E-state index is 0.0641. The van der Waals surface area contributed by atoms with Crippen LogP contribution >= 0.6 is 0 Å². The van der Waals surface area contributed by atoms with Crippen molar-refractivity contribution in [3.63, 3.8) is 0 Å². The Hall–Kier alpha value is -5.72. The van der Waals surface area contributed by atoms with Crippen LogP contribution in [0.3, 0.4) is 0 Å². The van der Waals surface area contributed by atoms with E-state index in [4.69, 9.17) is 5.10 Å². The van der Waals surface area contributed by atoms with Crippen LogP contribution in [0, 0.1) is 23.0 Å². The third-order valence-electron chi connectivity index (χ3n) is 12.7. The predicted octanol–water partition coefficient (Wildman–Crippen LogP) is 5.72. The van der Waals surface area contributed by atoms with Crippen molar-refractivity contribution >= 4 is 45.5 Å². The summed E-state index contributed by atoms with van der Waals surface area (Å²) in [6.45, 7) is 9.48. The topological polar surface area (TPSA) is 144 Å². The van der Waals surface area contributed by atoms with Crippen molar-refractivity contribution in [3.05, 3.63) is 88.9 Å². The fourth-order valence-corrected chi connectivity index (χ4v) is 9.41. The first kappa shape index (κ1) is 37.8. The molecule has 2 N–H and O–H groups in total. The van der Waals surface area contributed by atoms with Gasteiger partial charge in [-0.3, -0.25) is 34.2 Å². The summed E-state index contributed by atoms with van der Waals surface area (Å²) in [7, 11) is 0. The van der Waals surface area contributed by atoms with Crippen molar-refractivity contribution < 1.29 is 23.2 Å². The maximum absolute atomic E-state index is 15.1. The smallest absolute Gasteiger partial charge is 0.274 e. The molecular weight excluding hydrogens is 743 g/mol. The number of benzene rings is 2. The summed E-state index contributed by atoms with van der Waals surface area (Å²) >= 11 is 0. The lowest BCUT2D eigenvalue weighted by atomic mass is 9.89. The number of imide groups is 1.